The van der Waals surface area contributed by atoms with E-state index in [1.54, 1.807) is 18.2 Å². The average molecular weight is 360 g/mol. The molecule has 0 bridgehead atoms. The quantitative estimate of drug-likeness (QED) is 0.197. The number of allylic oxidation sites excluding steroid dienone is 2. The number of carbonyl (C=O) groups excluding carboxylic acids is 1. The third-order valence-corrected chi connectivity index (χ3v) is 4.24. The highest BCUT2D eigenvalue weighted by Gasteiger charge is 2.02. The number of carbonyl (C=O) groups is 1. The second-order valence-corrected chi connectivity index (χ2v) is 6.53. The predicted molar refractivity (Wildman–Crippen MR) is 107 cm³/mol. The number of rotatable bonds is 13. The molecule has 0 saturated heterocycles. The van der Waals surface area contributed by atoms with Crippen LogP contribution in [0, 0.1) is 0 Å². The number of methoxy groups -OCH3 is 1. The molecule has 0 aliphatic heterocycles. The summed E-state index contributed by atoms with van der Waals surface area (Å²) >= 11 is 0. The summed E-state index contributed by atoms with van der Waals surface area (Å²) in [6.07, 6.45) is 14.4. The molecular formula is C22H32O4. The van der Waals surface area contributed by atoms with Crippen LogP contribution >= 0.6 is 0 Å². The SMILES string of the molecule is CCCCCCCCCCC(=O)C=C(O)C=Cc1ccc(O)c(OC)c1. The number of aliphatic hydroxyl groups excluding tert-OH is 1. The molecular weight excluding hydrogens is 328 g/mol. The monoisotopic (exact) mass is 360 g/mol. The van der Waals surface area contributed by atoms with Crippen LogP contribution in [0.3, 0.4) is 0 Å². The van der Waals surface area contributed by atoms with Gasteiger partial charge in [0.1, 0.15) is 5.76 Å². The van der Waals surface area contributed by atoms with Gasteiger partial charge in [-0.3, -0.25) is 4.79 Å². The van der Waals surface area contributed by atoms with Crippen LogP contribution in [0.15, 0.2) is 36.1 Å². The molecule has 0 unspecified atom stereocenters. The van der Waals surface area contributed by atoms with Gasteiger partial charge in [-0.25, -0.2) is 0 Å². The van der Waals surface area contributed by atoms with E-state index in [0.29, 0.717) is 12.2 Å². The van der Waals surface area contributed by atoms with Crippen LogP contribution in [0.5, 0.6) is 11.5 Å². The summed E-state index contributed by atoms with van der Waals surface area (Å²) in [7, 11) is 1.48. The lowest BCUT2D eigenvalue weighted by Crippen LogP contribution is -1.94. The number of phenolic OH excluding ortho intramolecular Hbond substituents is 1. The highest BCUT2D eigenvalue weighted by molar-refractivity contribution is 5.90. The minimum Gasteiger partial charge on any atom is -0.508 e. The molecule has 0 saturated carbocycles. The first kappa shape index (κ1) is 21.8. The number of ketones is 1. The zero-order valence-corrected chi connectivity index (χ0v) is 16.0. The van der Waals surface area contributed by atoms with E-state index >= 15 is 0 Å². The number of aliphatic hydroxyl groups is 1. The third-order valence-electron chi connectivity index (χ3n) is 4.24. The molecule has 2 N–H and O–H groups in total. The van der Waals surface area contributed by atoms with Crippen LogP contribution in [0.2, 0.25) is 0 Å². The van der Waals surface area contributed by atoms with Gasteiger partial charge in [0.25, 0.3) is 0 Å². The smallest absolute Gasteiger partial charge is 0.161 e. The van der Waals surface area contributed by atoms with Crippen LogP contribution < -0.4 is 4.74 Å². The van der Waals surface area contributed by atoms with E-state index in [9.17, 15) is 15.0 Å². The van der Waals surface area contributed by atoms with Gasteiger partial charge in [-0.15, -0.1) is 0 Å². The van der Waals surface area contributed by atoms with Crippen LogP contribution in [0.25, 0.3) is 6.08 Å². The lowest BCUT2D eigenvalue weighted by atomic mass is 10.1. The molecule has 1 aromatic carbocycles. The minimum absolute atomic E-state index is 0.0542. The number of hydrogen-bond acceptors (Lipinski definition) is 4. The fraction of sp³-hybridized carbons (Fsp3) is 0.500. The molecule has 0 spiro atoms. The molecule has 0 aliphatic rings. The van der Waals surface area contributed by atoms with Gasteiger partial charge in [0.15, 0.2) is 17.3 Å². The Morgan fingerprint density at radius 3 is 2.38 bits per heavy atom. The second-order valence-electron chi connectivity index (χ2n) is 6.53. The lowest BCUT2D eigenvalue weighted by molar-refractivity contribution is -0.114. The van der Waals surface area contributed by atoms with E-state index < -0.39 is 0 Å². The first-order valence-corrected chi connectivity index (χ1v) is 9.55. The van der Waals surface area contributed by atoms with Crippen LogP contribution in [0.4, 0.5) is 0 Å². The third kappa shape index (κ3) is 9.30. The molecule has 0 radical (unpaired) electrons. The van der Waals surface area contributed by atoms with E-state index in [1.807, 2.05) is 0 Å². The molecule has 0 heterocycles. The minimum atomic E-state index is -0.0680. The normalized spacial score (nSPS) is 11.8. The van der Waals surface area contributed by atoms with Crippen molar-refractivity contribution in [1.82, 2.24) is 0 Å². The topological polar surface area (TPSA) is 66.8 Å². The molecule has 0 amide bonds. The van der Waals surface area contributed by atoms with Crippen molar-refractivity contribution in [3.05, 3.63) is 41.7 Å². The second kappa shape index (κ2) is 13.0. The maximum absolute atomic E-state index is 11.9. The summed E-state index contributed by atoms with van der Waals surface area (Å²) in [6, 6.07) is 4.87. The molecule has 4 heteroatoms. The van der Waals surface area contributed by atoms with Gasteiger partial charge in [0.05, 0.1) is 7.11 Å². The molecule has 144 valence electrons. The fourth-order valence-electron chi connectivity index (χ4n) is 2.70. The van der Waals surface area contributed by atoms with Crippen LogP contribution in [-0.2, 0) is 4.79 Å². The first-order valence-electron chi connectivity index (χ1n) is 9.55. The summed E-state index contributed by atoms with van der Waals surface area (Å²) in [4.78, 5) is 11.9. The molecule has 0 aromatic heterocycles. The summed E-state index contributed by atoms with van der Waals surface area (Å²) in [6.45, 7) is 2.21. The molecule has 0 atom stereocenters. The largest absolute Gasteiger partial charge is 0.508 e. The Hall–Kier alpha value is -2.23. The molecule has 4 nitrogen and oxygen atoms in total. The highest BCUT2D eigenvalue weighted by atomic mass is 16.5. The van der Waals surface area contributed by atoms with Crippen LogP contribution in [-0.4, -0.2) is 23.1 Å². The number of unbranched alkanes of at least 4 members (excludes halogenated alkanes) is 7. The van der Waals surface area contributed by atoms with Crippen molar-refractivity contribution in [2.24, 2.45) is 0 Å². The average Bonchev–Trinajstić information content (AvgIpc) is 2.63. The van der Waals surface area contributed by atoms with Crippen molar-refractivity contribution in [3.63, 3.8) is 0 Å². The van der Waals surface area contributed by atoms with Gasteiger partial charge in [-0.2, -0.15) is 0 Å². The number of phenols is 1. The molecule has 1 rings (SSSR count). The highest BCUT2D eigenvalue weighted by Crippen LogP contribution is 2.26. The lowest BCUT2D eigenvalue weighted by Gasteiger charge is -2.03. The Labute approximate surface area is 157 Å². The molecule has 0 aliphatic carbocycles. The van der Waals surface area contributed by atoms with E-state index in [0.717, 1.165) is 18.4 Å². The Morgan fingerprint density at radius 2 is 1.73 bits per heavy atom. The Morgan fingerprint density at radius 1 is 1.08 bits per heavy atom. The number of hydrogen-bond donors (Lipinski definition) is 2. The van der Waals surface area contributed by atoms with E-state index in [1.165, 1.54) is 63.9 Å². The zero-order chi connectivity index (χ0) is 19.2. The van der Waals surface area contributed by atoms with Gasteiger partial charge in [0.2, 0.25) is 0 Å². The molecule has 0 fully saturated rings. The van der Waals surface area contributed by atoms with Crippen molar-refractivity contribution < 1.29 is 19.7 Å². The Balaban J connectivity index is 2.32. The van der Waals surface area contributed by atoms with Gasteiger partial charge in [0, 0.05) is 12.5 Å². The van der Waals surface area contributed by atoms with Gasteiger partial charge in [-0.1, -0.05) is 64.0 Å². The summed E-state index contributed by atoms with van der Waals surface area (Å²) in [5.74, 6) is 0.300. The van der Waals surface area contributed by atoms with Gasteiger partial charge in [-0.05, 0) is 30.2 Å². The Bertz CT molecular complexity index is 602. The number of benzene rings is 1. The van der Waals surface area contributed by atoms with Crippen molar-refractivity contribution in [1.29, 1.82) is 0 Å². The molecule has 1 aromatic rings. The van der Waals surface area contributed by atoms with Crippen molar-refractivity contribution in [2.75, 3.05) is 7.11 Å². The molecule has 26 heavy (non-hydrogen) atoms. The summed E-state index contributed by atoms with van der Waals surface area (Å²) < 4.78 is 5.03. The van der Waals surface area contributed by atoms with Crippen LogP contribution in [0.1, 0.15) is 70.3 Å². The number of ether oxygens (including phenoxy) is 1. The zero-order valence-electron chi connectivity index (χ0n) is 16.0. The predicted octanol–water partition coefficient (Wildman–Crippen LogP) is 5.96. The van der Waals surface area contributed by atoms with Gasteiger partial charge < -0.3 is 14.9 Å². The van der Waals surface area contributed by atoms with Crippen molar-refractivity contribution >= 4 is 11.9 Å². The van der Waals surface area contributed by atoms with Crippen molar-refractivity contribution in [2.45, 2.75) is 64.7 Å². The van der Waals surface area contributed by atoms with E-state index in [-0.39, 0.29) is 17.3 Å². The maximum atomic E-state index is 11.9. The van der Waals surface area contributed by atoms with E-state index in [2.05, 4.69) is 6.92 Å². The van der Waals surface area contributed by atoms with E-state index in [4.69, 9.17) is 4.74 Å². The summed E-state index contributed by atoms with van der Waals surface area (Å²) in [5, 5.41) is 19.4. The first-order chi connectivity index (χ1) is 12.6. The standard InChI is InChI=1S/C22H32O4/c1-3-4-5-6-7-8-9-10-11-19(23)17-20(24)14-12-18-13-15-21(25)22(16-18)26-2/h12-17,24-25H,3-11H2,1-2H3. The fourth-order valence-corrected chi connectivity index (χ4v) is 2.70. The van der Waals surface area contributed by atoms with Crippen molar-refractivity contribution in [3.8, 4) is 11.5 Å². The maximum Gasteiger partial charge on any atom is 0.161 e. The Kier molecular flexibility index (Phi) is 10.9. The van der Waals surface area contributed by atoms with Gasteiger partial charge >= 0.3 is 0 Å². The summed E-state index contributed by atoms with van der Waals surface area (Å²) in [5.41, 5.74) is 0.759. The number of aromatic hydroxyl groups is 1.